The van der Waals surface area contributed by atoms with E-state index in [0.717, 1.165) is 32.1 Å². The van der Waals surface area contributed by atoms with Crippen LogP contribution in [-0.2, 0) is 0 Å². The Bertz CT molecular complexity index is 181. The van der Waals surface area contributed by atoms with Crippen molar-refractivity contribution in [2.24, 2.45) is 11.7 Å². The Hall–Kier alpha value is -0.380. The summed E-state index contributed by atoms with van der Waals surface area (Å²) in [5.41, 5.74) is 5.80. The monoisotopic (exact) mass is 197 g/mol. The Balaban J connectivity index is 2.63. The summed E-state index contributed by atoms with van der Waals surface area (Å²) in [5.74, 6) is 0.719. The fraction of sp³-hybridized carbons (Fsp3) is 0.818. The average Bonchev–Trinajstić information content (AvgIpc) is 2.25. The first-order chi connectivity index (χ1) is 6.67. The molecule has 82 valence electrons. The van der Waals surface area contributed by atoms with Crippen molar-refractivity contribution in [1.82, 2.24) is 9.80 Å². The third-order valence-electron chi connectivity index (χ3n) is 2.84. The lowest BCUT2D eigenvalue weighted by molar-refractivity contribution is 0.206. The molecule has 0 aromatic rings. The van der Waals surface area contributed by atoms with E-state index in [0.29, 0.717) is 6.04 Å². The van der Waals surface area contributed by atoms with Crippen LogP contribution in [0.1, 0.15) is 6.92 Å². The summed E-state index contributed by atoms with van der Waals surface area (Å²) in [5, 5.41) is 0. The fourth-order valence-electron chi connectivity index (χ4n) is 2.30. The zero-order valence-corrected chi connectivity index (χ0v) is 9.45. The molecule has 1 saturated heterocycles. The zero-order valence-electron chi connectivity index (χ0n) is 9.45. The molecule has 0 amide bonds. The van der Waals surface area contributed by atoms with Crippen molar-refractivity contribution in [3.63, 3.8) is 0 Å². The number of likely N-dealkylation sites (N-methyl/N-ethyl adjacent to an activating group) is 1. The maximum absolute atomic E-state index is 5.80. The van der Waals surface area contributed by atoms with Gasteiger partial charge < -0.3 is 10.6 Å². The van der Waals surface area contributed by atoms with Gasteiger partial charge in [0.2, 0.25) is 0 Å². The van der Waals surface area contributed by atoms with E-state index < -0.39 is 0 Å². The zero-order chi connectivity index (χ0) is 10.6. The van der Waals surface area contributed by atoms with Crippen LogP contribution in [0, 0.1) is 5.92 Å². The normalized spacial score (nSPS) is 31.4. The molecular weight excluding hydrogens is 174 g/mol. The van der Waals surface area contributed by atoms with Crippen LogP contribution in [-0.4, -0.2) is 55.6 Å². The van der Waals surface area contributed by atoms with E-state index >= 15 is 0 Å². The Labute approximate surface area is 87.6 Å². The molecule has 0 saturated carbocycles. The SMILES string of the molecule is C=CCN1CC(C)CN(C)CC1CN. The van der Waals surface area contributed by atoms with Crippen molar-refractivity contribution in [2.45, 2.75) is 13.0 Å². The maximum Gasteiger partial charge on any atom is 0.0348 e. The Morgan fingerprint density at radius 3 is 2.71 bits per heavy atom. The van der Waals surface area contributed by atoms with Gasteiger partial charge in [0.05, 0.1) is 0 Å². The molecule has 0 bridgehead atoms. The van der Waals surface area contributed by atoms with Gasteiger partial charge in [0.15, 0.2) is 0 Å². The highest BCUT2D eigenvalue weighted by Crippen LogP contribution is 2.12. The lowest BCUT2D eigenvalue weighted by Gasteiger charge is -2.29. The smallest absolute Gasteiger partial charge is 0.0348 e. The Kier molecular flexibility index (Phi) is 4.58. The molecule has 1 aliphatic rings. The molecule has 1 heterocycles. The van der Waals surface area contributed by atoms with E-state index in [1.165, 1.54) is 6.54 Å². The molecule has 0 spiro atoms. The highest BCUT2D eigenvalue weighted by molar-refractivity contribution is 4.85. The van der Waals surface area contributed by atoms with Crippen LogP contribution < -0.4 is 5.73 Å². The minimum absolute atomic E-state index is 0.489. The average molecular weight is 197 g/mol. The van der Waals surface area contributed by atoms with Gasteiger partial charge in [-0.25, -0.2) is 0 Å². The number of hydrogen-bond acceptors (Lipinski definition) is 3. The lowest BCUT2D eigenvalue weighted by Crippen LogP contribution is -2.45. The molecule has 0 aromatic heterocycles. The van der Waals surface area contributed by atoms with Crippen molar-refractivity contribution in [3.05, 3.63) is 12.7 Å². The molecule has 2 atom stereocenters. The Morgan fingerprint density at radius 1 is 1.43 bits per heavy atom. The molecule has 3 heteroatoms. The summed E-state index contributed by atoms with van der Waals surface area (Å²) in [4.78, 5) is 4.83. The molecule has 2 N–H and O–H groups in total. The standard InChI is InChI=1S/C11H23N3/c1-4-5-14-8-10(2)7-13(3)9-11(14)6-12/h4,10-11H,1,5-9,12H2,2-3H3. The van der Waals surface area contributed by atoms with Crippen LogP contribution in [0.25, 0.3) is 0 Å². The minimum Gasteiger partial charge on any atom is -0.329 e. The van der Waals surface area contributed by atoms with Crippen molar-refractivity contribution < 1.29 is 0 Å². The second-order valence-electron chi connectivity index (χ2n) is 4.46. The molecule has 1 fully saturated rings. The molecule has 14 heavy (non-hydrogen) atoms. The van der Waals surface area contributed by atoms with Gasteiger partial charge in [0, 0.05) is 38.8 Å². The van der Waals surface area contributed by atoms with Crippen LogP contribution >= 0.6 is 0 Å². The molecule has 0 radical (unpaired) electrons. The summed E-state index contributed by atoms with van der Waals surface area (Å²) in [6, 6.07) is 0.489. The summed E-state index contributed by atoms with van der Waals surface area (Å²) in [7, 11) is 2.18. The molecule has 1 rings (SSSR count). The summed E-state index contributed by atoms with van der Waals surface area (Å²) in [6.07, 6.45) is 1.97. The van der Waals surface area contributed by atoms with E-state index in [4.69, 9.17) is 5.73 Å². The van der Waals surface area contributed by atoms with Gasteiger partial charge in [0.1, 0.15) is 0 Å². The van der Waals surface area contributed by atoms with Crippen molar-refractivity contribution in [1.29, 1.82) is 0 Å². The van der Waals surface area contributed by atoms with Crippen LogP contribution in [0.2, 0.25) is 0 Å². The summed E-state index contributed by atoms with van der Waals surface area (Å²) < 4.78 is 0. The van der Waals surface area contributed by atoms with Crippen molar-refractivity contribution >= 4 is 0 Å². The summed E-state index contributed by atoms with van der Waals surface area (Å²) in [6.45, 7) is 11.2. The molecule has 3 nitrogen and oxygen atoms in total. The molecular formula is C11H23N3. The first-order valence-corrected chi connectivity index (χ1v) is 5.41. The molecule has 2 unspecified atom stereocenters. The van der Waals surface area contributed by atoms with E-state index in [-0.39, 0.29) is 0 Å². The summed E-state index contributed by atoms with van der Waals surface area (Å²) >= 11 is 0. The van der Waals surface area contributed by atoms with E-state index in [2.05, 4.69) is 30.4 Å². The van der Waals surface area contributed by atoms with Gasteiger partial charge in [-0.2, -0.15) is 0 Å². The van der Waals surface area contributed by atoms with Crippen LogP contribution in [0.3, 0.4) is 0 Å². The van der Waals surface area contributed by atoms with Crippen LogP contribution in [0.15, 0.2) is 12.7 Å². The number of nitrogens with two attached hydrogens (primary N) is 1. The molecule has 0 aliphatic carbocycles. The third-order valence-corrected chi connectivity index (χ3v) is 2.84. The molecule has 0 aromatic carbocycles. The Morgan fingerprint density at radius 2 is 2.14 bits per heavy atom. The topological polar surface area (TPSA) is 32.5 Å². The van der Waals surface area contributed by atoms with Crippen LogP contribution in [0.5, 0.6) is 0 Å². The van der Waals surface area contributed by atoms with Crippen LogP contribution in [0.4, 0.5) is 0 Å². The first kappa shape index (κ1) is 11.7. The van der Waals surface area contributed by atoms with Gasteiger partial charge in [-0.05, 0) is 13.0 Å². The van der Waals surface area contributed by atoms with Gasteiger partial charge in [-0.1, -0.05) is 13.0 Å². The highest BCUT2D eigenvalue weighted by atomic mass is 15.2. The highest BCUT2D eigenvalue weighted by Gasteiger charge is 2.24. The number of hydrogen-bond donors (Lipinski definition) is 1. The minimum atomic E-state index is 0.489. The van der Waals surface area contributed by atoms with E-state index in [1.54, 1.807) is 0 Å². The van der Waals surface area contributed by atoms with Gasteiger partial charge in [-0.15, -0.1) is 6.58 Å². The van der Waals surface area contributed by atoms with E-state index in [1.807, 2.05) is 6.08 Å². The quantitative estimate of drug-likeness (QED) is 0.664. The van der Waals surface area contributed by atoms with Crippen molar-refractivity contribution in [3.8, 4) is 0 Å². The third kappa shape index (κ3) is 3.08. The number of nitrogens with zero attached hydrogens (tertiary/aromatic N) is 2. The number of rotatable bonds is 3. The van der Waals surface area contributed by atoms with E-state index in [9.17, 15) is 0 Å². The fourth-order valence-corrected chi connectivity index (χ4v) is 2.30. The van der Waals surface area contributed by atoms with Crippen molar-refractivity contribution in [2.75, 3.05) is 39.8 Å². The first-order valence-electron chi connectivity index (χ1n) is 5.41. The predicted octanol–water partition coefficient (Wildman–Crippen LogP) is 0.383. The van der Waals surface area contributed by atoms with Gasteiger partial charge in [0.25, 0.3) is 0 Å². The van der Waals surface area contributed by atoms with Gasteiger partial charge in [-0.3, -0.25) is 4.90 Å². The second kappa shape index (κ2) is 5.49. The maximum atomic E-state index is 5.80. The lowest BCUT2D eigenvalue weighted by atomic mass is 10.1. The predicted molar refractivity (Wildman–Crippen MR) is 61.3 cm³/mol. The largest absolute Gasteiger partial charge is 0.329 e. The van der Waals surface area contributed by atoms with Gasteiger partial charge >= 0.3 is 0 Å². The molecule has 1 aliphatic heterocycles. The second-order valence-corrected chi connectivity index (χ2v) is 4.46.